The molecular formula is C15H23N5O2S. The van der Waals surface area contributed by atoms with Crippen LogP contribution in [0.3, 0.4) is 0 Å². The number of rotatable bonds is 7. The van der Waals surface area contributed by atoms with Crippen molar-refractivity contribution in [2.75, 3.05) is 19.5 Å². The lowest BCUT2D eigenvalue weighted by Crippen LogP contribution is -2.47. The van der Waals surface area contributed by atoms with Crippen LogP contribution in [-0.4, -0.2) is 45.7 Å². The number of thioether (sulfide) groups is 1. The monoisotopic (exact) mass is 337 g/mol. The van der Waals surface area contributed by atoms with Gasteiger partial charge in [-0.3, -0.25) is 4.79 Å². The van der Waals surface area contributed by atoms with Gasteiger partial charge in [-0.05, 0) is 12.8 Å². The summed E-state index contributed by atoms with van der Waals surface area (Å²) in [6.07, 6.45) is 7.36. The molecule has 1 N–H and O–H groups in total. The SMILES string of the molecule is COCCn1cnnc1SCC(=O)NC1(C#N)CCCCCC1. The largest absolute Gasteiger partial charge is 0.383 e. The van der Waals surface area contributed by atoms with Crippen LogP contribution in [0.4, 0.5) is 0 Å². The third-order valence-corrected chi connectivity index (χ3v) is 4.98. The summed E-state index contributed by atoms with van der Waals surface area (Å²) in [5, 5.41) is 21.0. The van der Waals surface area contributed by atoms with E-state index >= 15 is 0 Å². The van der Waals surface area contributed by atoms with Crippen LogP contribution in [-0.2, 0) is 16.1 Å². The van der Waals surface area contributed by atoms with Gasteiger partial charge in [-0.2, -0.15) is 5.26 Å². The fraction of sp³-hybridized carbons (Fsp3) is 0.733. The van der Waals surface area contributed by atoms with Crippen molar-refractivity contribution in [1.29, 1.82) is 5.26 Å². The molecule has 0 atom stereocenters. The van der Waals surface area contributed by atoms with E-state index in [1.165, 1.54) is 11.8 Å². The Bertz CT molecular complexity index is 546. The van der Waals surface area contributed by atoms with E-state index in [1.54, 1.807) is 13.4 Å². The molecule has 1 aromatic rings. The molecule has 0 unspecified atom stereocenters. The fourth-order valence-corrected chi connectivity index (χ4v) is 3.47. The average Bonchev–Trinajstić information content (AvgIpc) is 2.88. The molecule has 1 saturated carbocycles. The topological polar surface area (TPSA) is 92.8 Å². The Morgan fingerprint density at radius 2 is 2.22 bits per heavy atom. The van der Waals surface area contributed by atoms with Crippen LogP contribution in [0.5, 0.6) is 0 Å². The van der Waals surface area contributed by atoms with Crippen LogP contribution in [0.15, 0.2) is 11.5 Å². The van der Waals surface area contributed by atoms with E-state index in [-0.39, 0.29) is 11.7 Å². The maximum atomic E-state index is 12.2. The normalized spacial score (nSPS) is 17.2. The Morgan fingerprint density at radius 1 is 1.48 bits per heavy atom. The lowest BCUT2D eigenvalue weighted by molar-refractivity contribution is -0.120. The van der Waals surface area contributed by atoms with Crippen LogP contribution >= 0.6 is 11.8 Å². The number of carbonyl (C=O) groups excluding carboxylic acids is 1. The van der Waals surface area contributed by atoms with Crippen molar-refractivity contribution in [1.82, 2.24) is 20.1 Å². The smallest absolute Gasteiger partial charge is 0.231 e. The van der Waals surface area contributed by atoms with E-state index in [9.17, 15) is 10.1 Å². The molecule has 1 aliphatic carbocycles. The lowest BCUT2D eigenvalue weighted by Gasteiger charge is -2.26. The van der Waals surface area contributed by atoms with E-state index in [0.29, 0.717) is 18.3 Å². The molecule has 1 heterocycles. The van der Waals surface area contributed by atoms with Crippen molar-refractivity contribution < 1.29 is 9.53 Å². The first-order valence-corrected chi connectivity index (χ1v) is 8.89. The summed E-state index contributed by atoms with van der Waals surface area (Å²) in [4.78, 5) is 12.2. The number of amides is 1. The van der Waals surface area contributed by atoms with Crippen molar-refractivity contribution in [2.45, 2.75) is 55.8 Å². The zero-order valence-electron chi connectivity index (χ0n) is 13.5. The maximum Gasteiger partial charge on any atom is 0.231 e. The number of methoxy groups -OCH3 is 1. The van der Waals surface area contributed by atoms with E-state index in [0.717, 1.165) is 38.5 Å². The average molecular weight is 337 g/mol. The van der Waals surface area contributed by atoms with Crippen molar-refractivity contribution >= 4 is 17.7 Å². The van der Waals surface area contributed by atoms with Crippen molar-refractivity contribution in [3.05, 3.63) is 6.33 Å². The van der Waals surface area contributed by atoms with Crippen molar-refractivity contribution in [2.24, 2.45) is 0 Å². The molecule has 1 amide bonds. The minimum atomic E-state index is -0.697. The third kappa shape index (κ3) is 5.22. The Labute approximate surface area is 140 Å². The highest BCUT2D eigenvalue weighted by atomic mass is 32.2. The van der Waals surface area contributed by atoms with Crippen LogP contribution in [0, 0.1) is 11.3 Å². The first-order chi connectivity index (χ1) is 11.2. The Kier molecular flexibility index (Phi) is 6.86. The second-order valence-electron chi connectivity index (χ2n) is 5.74. The van der Waals surface area contributed by atoms with E-state index in [2.05, 4.69) is 21.6 Å². The number of nitrogens with one attached hydrogen (secondary N) is 1. The van der Waals surface area contributed by atoms with Crippen molar-refractivity contribution in [3.8, 4) is 6.07 Å². The molecule has 0 aliphatic heterocycles. The van der Waals surface area contributed by atoms with Crippen LogP contribution in [0.1, 0.15) is 38.5 Å². The van der Waals surface area contributed by atoms with Gasteiger partial charge in [0.1, 0.15) is 11.9 Å². The van der Waals surface area contributed by atoms with Gasteiger partial charge in [0.25, 0.3) is 0 Å². The highest BCUT2D eigenvalue weighted by Crippen LogP contribution is 2.27. The molecule has 2 rings (SSSR count). The predicted octanol–water partition coefficient (Wildman–Crippen LogP) is 1.75. The van der Waals surface area contributed by atoms with Gasteiger partial charge < -0.3 is 14.6 Å². The summed E-state index contributed by atoms with van der Waals surface area (Å²) in [7, 11) is 1.64. The number of hydrogen-bond acceptors (Lipinski definition) is 6. The molecule has 0 saturated heterocycles. The van der Waals surface area contributed by atoms with Gasteiger partial charge in [-0.15, -0.1) is 10.2 Å². The number of aromatic nitrogens is 3. The number of nitriles is 1. The fourth-order valence-electron chi connectivity index (χ4n) is 2.73. The summed E-state index contributed by atoms with van der Waals surface area (Å²) in [5.41, 5.74) is -0.697. The van der Waals surface area contributed by atoms with E-state index in [1.807, 2.05) is 4.57 Å². The van der Waals surface area contributed by atoms with Crippen LogP contribution in [0.2, 0.25) is 0 Å². The van der Waals surface area contributed by atoms with Gasteiger partial charge in [0.2, 0.25) is 5.91 Å². The Balaban J connectivity index is 1.87. The Hall–Kier alpha value is -1.59. The highest BCUT2D eigenvalue weighted by molar-refractivity contribution is 7.99. The molecule has 7 nitrogen and oxygen atoms in total. The van der Waals surface area contributed by atoms with Gasteiger partial charge in [0, 0.05) is 13.7 Å². The lowest BCUT2D eigenvalue weighted by atomic mass is 9.92. The maximum absolute atomic E-state index is 12.2. The molecule has 1 aliphatic rings. The molecule has 1 aromatic heterocycles. The molecule has 0 bridgehead atoms. The minimum absolute atomic E-state index is 0.125. The molecule has 1 fully saturated rings. The second-order valence-corrected chi connectivity index (χ2v) is 6.69. The number of nitrogens with zero attached hydrogens (tertiary/aromatic N) is 4. The second kappa shape index (κ2) is 8.89. The third-order valence-electron chi connectivity index (χ3n) is 4.00. The van der Waals surface area contributed by atoms with E-state index in [4.69, 9.17) is 4.74 Å². The summed E-state index contributed by atoms with van der Waals surface area (Å²) in [6, 6.07) is 2.33. The first kappa shape index (κ1) is 17.8. The summed E-state index contributed by atoms with van der Waals surface area (Å²) < 4.78 is 6.89. The Morgan fingerprint density at radius 3 is 2.87 bits per heavy atom. The number of carbonyl (C=O) groups is 1. The van der Waals surface area contributed by atoms with E-state index < -0.39 is 5.54 Å². The molecule has 23 heavy (non-hydrogen) atoms. The quantitative estimate of drug-likeness (QED) is 0.602. The molecule has 8 heteroatoms. The minimum Gasteiger partial charge on any atom is -0.383 e. The number of ether oxygens (including phenoxy) is 1. The first-order valence-electron chi connectivity index (χ1n) is 7.91. The zero-order valence-corrected chi connectivity index (χ0v) is 14.3. The predicted molar refractivity (Wildman–Crippen MR) is 86.8 cm³/mol. The molecule has 126 valence electrons. The highest BCUT2D eigenvalue weighted by Gasteiger charge is 2.32. The molecule has 0 radical (unpaired) electrons. The van der Waals surface area contributed by atoms with Crippen molar-refractivity contribution in [3.63, 3.8) is 0 Å². The molecule has 0 spiro atoms. The number of hydrogen-bond donors (Lipinski definition) is 1. The zero-order chi connectivity index (χ0) is 16.5. The van der Waals surface area contributed by atoms with Crippen LogP contribution < -0.4 is 5.32 Å². The standard InChI is InChI=1S/C15H23N5O2S/c1-22-9-8-20-12-17-19-14(20)23-10-13(21)18-15(11-16)6-4-2-3-5-7-15/h12H,2-10H2,1H3,(H,18,21). The molecular weight excluding hydrogens is 314 g/mol. The van der Waals surface area contributed by atoms with Crippen LogP contribution in [0.25, 0.3) is 0 Å². The van der Waals surface area contributed by atoms with Gasteiger partial charge in [0.05, 0.1) is 18.4 Å². The van der Waals surface area contributed by atoms with Gasteiger partial charge >= 0.3 is 0 Å². The van der Waals surface area contributed by atoms with Gasteiger partial charge in [-0.1, -0.05) is 37.4 Å². The summed E-state index contributed by atoms with van der Waals surface area (Å²) >= 11 is 1.33. The molecule has 0 aromatic carbocycles. The van der Waals surface area contributed by atoms with Gasteiger partial charge in [0.15, 0.2) is 5.16 Å². The summed E-state index contributed by atoms with van der Waals surface area (Å²) in [5.74, 6) is 0.106. The van der Waals surface area contributed by atoms with Gasteiger partial charge in [-0.25, -0.2) is 0 Å². The summed E-state index contributed by atoms with van der Waals surface area (Å²) in [6.45, 7) is 1.21.